The number of aryl methyl sites for hydroxylation is 2. The minimum absolute atomic E-state index is 0.0294. The quantitative estimate of drug-likeness (QED) is 0.463. The highest BCUT2D eigenvalue weighted by Crippen LogP contribution is 2.28. The molecule has 1 aliphatic heterocycles. The van der Waals surface area contributed by atoms with Crippen molar-refractivity contribution >= 4 is 17.7 Å². The maximum Gasteiger partial charge on any atom is 0.251 e. The average molecular weight is 450 g/mol. The van der Waals surface area contributed by atoms with Crippen LogP contribution in [0.25, 0.3) is 11.5 Å². The van der Waals surface area contributed by atoms with E-state index in [-0.39, 0.29) is 5.91 Å². The Morgan fingerprint density at radius 3 is 2.62 bits per heavy atom. The molecule has 0 aliphatic carbocycles. The van der Waals surface area contributed by atoms with E-state index < -0.39 is 0 Å². The van der Waals surface area contributed by atoms with Crippen LogP contribution in [0.1, 0.15) is 47.1 Å². The van der Waals surface area contributed by atoms with Crippen molar-refractivity contribution in [1.29, 1.82) is 0 Å². The molecule has 6 heteroatoms. The van der Waals surface area contributed by atoms with E-state index in [1.54, 1.807) is 11.8 Å². The maximum atomic E-state index is 12.6. The lowest BCUT2D eigenvalue weighted by Gasteiger charge is -2.22. The van der Waals surface area contributed by atoms with Gasteiger partial charge in [-0.1, -0.05) is 24.6 Å². The molecule has 1 saturated heterocycles. The van der Waals surface area contributed by atoms with Gasteiger partial charge >= 0.3 is 0 Å². The molecule has 0 radical (unpaired) electrons. The standard InChI is InChI=1S/C26H31N3O2S/c1-4-29-15-5-6-22(29)16-27-25(30)20-9-11-21(12-10-20)26-28-24(19(3)31-26)17-32-23-13-7-18(2)8-14-23/h7-14,22H,4-6,15-17H2,1-3H3,(H,27,30). The summed E-state index contributed by atoms with van der Waals surface area (Å²) in [6.45, 7) is 9.09. The molecule has 0 spiro atoms. The van der Waals surface area contributed by atoms with Gasteiger partial charge in [-0.15, -0.1) is 11.8 Å². The fourth-order valence-corrected chi connectivity index (χ4v) is 4.99. The van der Waals surface area contributed by atoms with Crippen molar-refractivity contribution in [3.05, 3.63) is 71.1 Å². The fraction of sp³-hybridized carbons (Fsp3) is 0.385. The minimum atomic E-state index is -0.0294. The summed E-state index contributed by atoms with van der Waals surface area (Å²) in [5, 5.41) is 3.09. The van der Waals surface area contributed by atoms with Gasteiger partial charge in [0, 0.05) is 34.4 Å². The molecule has 2 aromatic carbocycles. The van der Waals surface area contributed by atoms with Crippen LogP contribution in [-0.4, -0.2) is 41.5 Å². The molecule has 168 valence electrons. The van der Waals surface area contributed by atoms with Crippen LogP contribution >= 0.6 is 11.8 Å². The van der Waals surface area contributed by atoms with Crippen LogP contribution in [0.5, 0.6) is 0 Å². The highest BCUT2D eigenvalue weighted by molar-refractivity contribution is 7.98. The highest BCUT2D eigenvalue weighted by atomic mass is 32.2. The number of nitrogens with one attached hydrogen (secondary N) is 1. The van der Waals surface area contributed by atoms with Gasteiger partial charge in [0.05, 0.1) is 5.69 Å². The monoisotopic (exact) mass is 449 g/mol. The number of amides is 1. The predicted molar refractivity (Wildman–Crippen MR) is 130 cm³/mol. The summed E-state index contributed by atoms with van der Waals surface area (Å²) in [4.78, 5) is 20.9. The van der Waals surface area contributed by atoms with Crippen molar-refractivity contribution in [3.8, 4) is 11.5 Å². The Hall–Kier alpha value is -2.57. The maximum absolute atomic E-state index is 12.6. The molecule has 1 fully saturated rings. The van der Waals surface area contributed by atoms with E-state index in [0.717, 1.165) is 42.3 Å². The van der Waals surface area contributed by atoms with Crippen molar-refractivity contribution in [2.45, 2.75) is 50.3 Å². The van der Waals surface area contributed by atoms with E-state index in [2.05, 4.69) is 48.3 Å². The largest absolute Gasteiger partial charge is 0.441 e. The van der Waals surface area contributed by atoms with Gasteiger partial charge in [-0.2, -0.15) is 0 Å². The van der Waals surface area contributed by atoms with E-state index in [4.69, 9.17) is 9.40 Å². The number of thioether (sulfide) groups is 1. The van der Waals surface area contributed by atoms with Crippen molar-refractivity contribution < 1.29 is 9.21 Å². The summed E-state index contributed by atoms with van der Waals surface area (Å²) in [5.41, 5.74) is 3.75. The summed E-state index contributed by atoms with van der Waals surface area (Å²) in [6, 6.07) is 16.5. The van der Waals surface area contributed by atoms with Crippen LogP contribution in [0.3, 0.4) is 0 Å². The molecule has 32 heavy (non-hydrogen) atoms. The summed E-state index contributed by atoms with van der Waals surface area (Å²) in [5.74, 6) is 2.16. The lowest BCUT2D eigenvalue weighted by Crippen LogP contribution is -2.40. The second-order valence-corrected chi connectivity index (χ2v) is 9.38. The number of hydrogen-bond acceptors (Lipinski definition) is 5. The van der Waals surface area contributed by atoms with Gasteiger partial charge in [-0.05, 0) is 76.2 Å². The number of aromatic nitrogens is 1. The van der Waals surface area contributed by atoms with E-state index >= 15 is 0 Å². The molecule has 4 rings (SSSR count). The Kier molecular flexibility index (Phi) is 7.33. The van der Waals surface area contributed by atoms with Crippen molar-refractivity contribution in [2.24, 2.45) is 0 Å². The van der Waals surface area contributed by atoms with E-state index in [9.17, 15) is 4.79 Å². The van der Waals surface area contributed by atoms with E-state index in [1.807, 2.05) is 31.2 Å². The molecule has 1 aliphatic rings. The molecule has 1 N–H and O–H groups in total. The van der Waals surface area contributed by atoms with Crippen molar-refractivity contribution in [1.82, 2.24) is 15.2 Å². The van der Waals surface area contributed by atoms with Gasteiger partial charge in [-0.3, -0.25) is 9.69 Å². The molecule has 2 heterocycles. The molecule has 1 aromatic heterocycles. The Morgan fingerprint density at radius 1 is 1.16 bits per heavy atom. The Morgan fingerprint density at radius 2 is 1.91 bits per heavy atom. The molecular formula is C26H31N3O2S. The summed E-state index contributed by atoms with van der Waals surface area (Å²) < 4.78 is 5.92. The molecule has 1 atom stereocenters. The zero-order valence-electron chi connectivity index (χ0n) is 19.1. The number of nitrogens with zero attached hydrogens (tertiary/aromatic N) is 2. The van der Waals surface area contributed by atoms with Crippen LogP contribution in [0.4, 0.5) is 0 Å². The van der Waals surface area contributed by atoms with Crippen LogP contribution in [0, 0.1) is 13.8 Å². The lowest BCUT2D eigenvalue weighted by molar-refractivity contribution is 0.0941. The zero-order valence-corrected chi connectivity index (χ0v) is 19.9. The third-order valence-electron chi connectivity index (χ3n) is 6.09. The second kappa shape index (κ2) is 10.4. The average Bonchev–Trinajstić information content (AvgIpc) is 3.43. The number of likely N-dealkylation sites (N-methyl/N-ethyl adjacent to an activating group) is 1. The van der Waals surface area contributed by atoms with Crippen molar-refractivity contribution in [2.75, 3.05) is 19.6 Å². The Bertz CT molecular complexity index is 1040. The SMILES string of the molecule is CCN1CCCC1CNC(=O)c1ccc(-c2nc(CSc3ccc(C)cc3)c(C)o2)cc1. The third kappa shape index (κ3) is 5.43. The minimum Gasteiger partial charge on any atom is -0.441 e. The topological polar surface area (TPSA) is 58.4 Å². The van der Waals surface area contributed by atoms with Gasteiger partial charge in [0.1, 0.15) is 5.76 Å². The van der Waals surface area contributed by atoms with Gasteiger partial charge in [0.25, 0.3) is 5.91 Å². The first-order valence-corrected chi connectivity index (χ1v) is 12.3. The fourth-order valence-electron chi connectivity index (χ4n) is 4.09. The van der Waals surface area contributed by atoms with Gasteiger partial charge < -0.3 is 9.73 Å². The second-order valence-electron chi connectivity index (χ2n) is 8.34. The first-order valence-electron chi connectivity index (χ1n) is 11.3. The first kappa shape index (κ1) is 22.6. The zero-order chi connectivity index (χ0) is 22.5. The van der Waals surface area contributed by atoms with Gasteiger partial charge in [-0.25, -0.2) is 4.98 Å². The number of carbonyl (C=O) groups is 1. The van der Waals surface area contributed by atoms with Gasteiger partial charge in [0.15, 0.2) is 0 Å². The van der Waals surface area contributed by atoms with Crippen LogP contribution < -0.4 is 5.32 Å². The van der Waals surface area contributed by atoms with Crippen LogP contribution in [-0.2, 0) is 5.75 Å². The van der Waals surface area contributed by atoms with Crippen molar-refractivity contribution in [3.63, 3.8) is 0 Å². The van der Waals surface area contributed by atoms with E-state index in [0.29, 0.717) is 24.0 Å². The summed E-state index contributed by atoms with van der Waals surface area (Å²) >= 11 is 1.75. The van der Waals surface area contributed by atoms with Crippen LogP contribution in [0.15, 0.2) is 57.8 Å². The first-order chi connectivity index (χ1) is 15.5. The summed E-state index contributed by atoms with van der Waals surface area (Å²) in [7, 11) is 0. The molecule has 1 unspecified atom stereocenters. The number of rotatable bonds is 8. The van der Waals surface area contributed by atoms with Crippen LogP contribution in [0.2, 0.25) is 0 Å². The molecule has 3 aromatic rings. The molecule has 0 saturated carbocycles. The summed E-state index contributed by atoms with van der Waals surface area (Å²) in [6.07, 6.45) is 2.37. The van der Waals surface area contributed by atoms with Gasteiger partial charge in [0.2, 0.25) is 5.89 Å². The molecule has 1 amide bonds. The number of benzene rings is 2. The number of oxazole rings is 1. The number of likely N-dealkylation sites (tertiary alicyclic amines) is 1. The Balaban J connectivity index is 1.35. The van der Waals surface area contributed by atoms with E-state index in [1.165, 1.54) is 16.9 Å². The smallest absolute Gasteiger partial charge is 0.251 e. The molecule has 5 nitrogen and oxygen atoms in total. The number of carbonyl (C=O) groups excluding carboxylic acids is 1. The molecular weight excluding hydrogens is 418 g/mol. The predicted octanol–water partition coefficient (Wildman–Crippen LogP) is 5.46. The molecule has 0 bridgehead atoms. The third-order valence-corrected chi connectivity index (χ3v) is 7.11. The lowest BCUT2D eigenvalue weighted by atomic mass is 10.1. The Labute approximate surface area is 194 Å². The number of hydrogen-bond donors (Lipinski definition) is 1. The highest BCUT2D eigenvalue weighted by Gasteiger charge is 2.23. The normalized spacial score (nSPS) is 16.4.